The minimum Gasteiger partial charge on any atom is -0.448 e. The van der Waals surface area contributed by atoms with Gasteiger partial charge in [0.2, 0.25) is 0 Å². The van der Waals surface area contributed by atoms with Crippen molar-refractivity contribution in [2.45, 2.75) is 33.3 Å². The molecule has 1 aliphatic rings. The highest BCUT2D eigenvalue weighted by Gasteiger charge is 2.24. The van der Waals surface area contributed by atoms with Gasteiger partial charge in [0.15, 0.2) is 5.82 Å². The number of amides is 1. The van der Waals surface area contributed by atoms with Crippen molar-refractivity contribution < 1.29 is 23.9 Å². The molecule has 1 saturated heterocycles. The van der Waals surface area contributed by atoms with E-state index in [0.29, 0.717) is 16.5 Å². The van der Waals surface area contributed by atoms with E-state index in [1.807, 2.05) is 12.1 Å². The molecule has 3 heterocycles. The summed E-state index contributed by atoms with van der Waals surface area (Å²) in [5, 5.41) is 7.40. The molecule has 0 saturated carbocycles. The van der Waals surface area contributed by atoms with Crippen molar-refractivity contribution in [2.24, 2.45) is 0 Å². The van der Waals surface area contributed by atoms with Crippen molar-refractivity contribution in [1.29, 1.82) is 0 Å². The Bertz CT molecular complexity index is 1260. The minimum atomic E-state index is -0.721. The molecule has 3 aromatic rings. The summed E-state index contributed by atoms with van der Waals surface area (Å²) in [6.07, 6.45) is 1.55. The number of piperazine rings is 1. The van der Waals surface area contributed by atoms with Crippen molar-refractivity contribution in [3.05, 3.63) is 42.2 Å². The lowest BCUT2D eigenvalue weighted by molar-refractivity contribution is 0.0537. The number of carbonyl (C=O) groups excluding carboxylic acids is 3. The summed E-state index contributed by atoms with van der Waals surface area (Å²) in [4.78, 5) is 42.6. The normalized spacial score (nSPS) is 14.6. The highest BCUT2D eigenvalue weighted by molar-refractivity contribution is 6.09. The number of aromatic nitrogens is 3. The molecule has 1 aliphatic heterocycles. The maximum Gasteiger partial charge on any atom is 0.435 e. The molecule has 11 nitrogen and oxygen atoms in total. The molecule has 192 valence electrons. The summed E-state index contributed by atoms with van der Waals surface area (Å²) in [7, 11) is 2.10. The number of anilines is 2. The topological polar surface area (TPSA) is 111 Å². The highest BCUT2D eigenvalue weighted by Crippen LogP contribution is 2.26. The van der Waals surface area contributed by atoms with Crippen molar-refractivity contribution in [3.8, 4) is 0 Å². The summed E-state index contributed by atoms with van der Waals surface area (Å²) in [6, 6.07) is 7.36. The number of carbonyl (C=O) groups is 3. The first-order valence-electron chi connectivity index (χ1n) is 11.9. The van der Waals surface area contributed by atoms with E-state index in [1.54, 1.807) is 39.8 Å². The van der Waals surface area contributed by atoms with E-state index in [1.165, 1.54) is 17.0 Å². The fraction of sp³-hybridized carbons (Fsp3) is 0.440. The minimum absolute atomic E-state index is 0.133. The lowest BCUT2D eigenvalue weighted by Crippen LogP contribution is -2.44. The summed E-state index contributed by atoms with van der Waals surface area (Å²) >= 11 is 0. The molecule has 0 bridgehead atoms. The molecule has 1 fully saturated rings. The number of nitrogens with one attached hydrogen (secondary N) is 1. The van der Waals surface area contributed by atoms with Gasteiger partial charge in [-0.1, -0.05) is 0 Å². The van der Waals surface area contributed by atoms with Gasteiger partial charge in [-0.25, -0.2) is 9.59 Å². The number of ether oxygens (including phenoxy) is 2. The number of rotatable bonds is 4. The molecule has 0 atom stereocenters. The molecule has 11 heteroatoms. The Balaban J connectivity index is 1.58. The Morgan fingerprint density at radius 1 is 1.00 bits per heavy atom. The monoisotopic (exact) mass is 496 g/mol. The largest absolute Gasteiger partial charge is 0.448 e. The average Bonchev–Trinajstić information content (AvgIpc) is 3.39. The van der Waals surface area contributed by atoms with Crippen molar-refractivity contribution in [2.75, 3.05) is 50.1 Å². The second kappa shape index (κ2) is 10.0. The molecule has 0 aliphatic carbocycles. The van der Waals surface area contributed by atoms with Crippen LogP contribution in [-0.4, -0.2) is 82.8 Å². The van der Waals surface area contributed by atoms with Gasteiger partial charge in [0, 0.05) is 49.8 Å². The van der Waals surface area contributed by atoms with Gasteiger partial charge in [0.1, 0.15) is 11.1 Å². The second-order valence-electron chi connectivity index (χ2n) is 9.70. The predicted molar refractivity (Wildman–Crippen MR) is 136 cm³/mol. The molecule has 1 aromatic carbocycles. The molecule has 4 rings (SSSR count). The molecule has 0 radical (unpaired) electrons. The lowest BCUT2D eigenvalue weighted by atomic mass is 10.1. The van der Waals surface area contributed by atoms with Crippen LogP contribution < -0.4 is 10.2 Å². The first kappa shape index (κ1) is 25.2. The van der Waals surface area contributed by atoms with E-state index < -0.39 is 17.8 Å². The standard InChI is InChI=1S/C25H32N6O5/c1-6-35-24(34)31-20-16-30(23(33)36-25(2,3)4)15-19(20)21(27-31)26-22(32)17-7-9-18(10-8-17)29-13-11-28(5)12-14-29/h7-10,15-16H,6,11-14H2,1-5H3,(H,26,27,32). The maximum absolute atomic E-state index is 13.0. The molecule has 2 aromatic heterocycles. The molecular formula is C25H32N6O5. The first-order valence-corrected chi connectivity index (χ1v) is 11.9. The van der Waals surface area contributed by atoms with Crippen LogP contribution in [0, 0.1) is 0 Å². The molecule has 0 unspecified atom stereocenters. The van der Waals surface area contributed by atoms with E-state index in [4.69, 9.17) is 9.47 Å². The third-order valence-electron chi connectivity index (χ3n) is 5.76. The Morgan fingerprint density at radius 3 is 2.28 bits per heavy atom. The van der Waals surface area contributed by atoms with Gasteiger partial charge < -0.3 is 24.6 Å². The summed E-state index contributed by atoms with van der Waals surface area (Å²) < 4.78 is 12.7. The Kier molecular flexibility index (Phi) is 7.02. The highest BCUT2D eigenvalue weighted by atomic mass is 16.6. The zero-order chi connectivity index (χ0) is 26.0. The van der Waals surface area contributed by atoms with Crippen LogP contribution in [0.1, 0.15) is 38.1 Å². The van der Waals surface area contributed by atoms with Gasteiger partial charge in [-0.3, -0.25) is 9.36 Å². The smallest absolute Gasteiger partial charge is 0.435 e. The van der Waals surface area contributed by atoms with Gasteiger partial charge in [0.05, 0.1) is 12.0 Å². The lowest BCUT2D eigenvalue weighted by Gasteiger charge is -2.34. The van der Waals surface area contributed by atoms with Crippen molar-refractivity contribution in [1.82, 2.24) is 19.2 Å². The Morgan fingerprint density at radius 2 is 1.67 bits per heavy atom. The fourth-order valence-electron chi connectivity index (χ4n) is 3.91. The van der Waals surface area contributed by atoms with Gasteiger partial charge in [-0.15, -0.1) is 5.10 Å². The summed E-state index contributed by atoms with van der Waals surface area (Å²) in [6.45, 7) is 10.9. The van der Waals surface area contributed by atoms with E-state index in [0.717, 1.165) is 36.5 Å². The van der Waals surface area contributed by atoms with Crippen LogP contribution in [-0.2, 0) is 9.47 Å². The summed E-state index contributed by atoms with van der Waals surface area (Å²) in [5.41, 5.74) is 1.11. The van der Waals surface area contributed by atoms with Crippen LogP contribution in [0.2, 0.25) is 0 Å². The van der Waals surface area contributed by atoms with Gasteiger partial charge in [0.25, 0.3) is 5.91 Å². The van der Waals surface area contributed by atoms with Crippen LogP contribution in [0.15, 0.2) is 36.7 Å². The third-order valence-corrected chi connectivity index (χ3v) is 5.76. The van der Waals surface area contributed by atoms with Crippen LogP contribution in [0.4, 0.5) is 21.1 Å². The quantitative estimate of drug-likeness (QED) is 0.583. The second-order valence-corrected chi connectivity index (χ2v) is 9.70. The number of nitrogens with zero attached hydrogens (tertiary/aromatic N) is 5. The molecule has 1 N–H and O–H groups in total. The van der Waals surface area contributed by atoms with Crippen LogP contribution in [0.3, 0.4) is 0 Å². The van der Waals surface area contributed by atoms with E-state index >= 15 is 0 Å². The zero-order valence-corrected chi connectivity index (χ0v) is 21.3. The van der Waals surface area contributed by atoms with E-state index in [-0.39, 0.29) is 18.3 Å². The number of hydrogen-bond acceptors (Lipinski definition) is 8. The number of benzene rings is 1. The first-order chi connectivity index (χ1) is 17.1. The Labute approximate surface area is 209 Å². The van der Waals surface area contributed by atoms with E-state index in [9.17, 15) is 14.4 Å². The molecule has 0 spiro atoms. The summed E-state index contributed by atoms with van der Waals surface area (Å²) in [5.74, 6) is -0.256. The molecule has 1 amide bonds. The molecular weight excluding hydrogens is 464 g/mol. The van der Waals surface area contributed by atoms with Crippen molar-refractivity contribution in [3.63, 3.8) is 0 Å². The maximum atomic E-state index is 13.0. The van der Waals surface area contributed by atoms with E-state index in [2.05, 4.69) is 27.3 Å². The number of likely N-dealkylation sites (N-methyl/N-ethyl adjacent to an activating group) is 1. The van der Waals surface area contributed by atoms with Gasteiger partial charge in [-0.2, -0.15) is 4.68 Å². The average molecular weight is 497 g/mol. The third kappa shape index (κ3) is 5.51. The predicted octanol–water partition coefficient (Wildman–Crippen LogP) is 3.63. The van der Waals surface area contributed by atoms with Gasteiger partial charge in [-0.05, 0) is 59.0 Å². The molecule has 36 heavy (non-hydrogen) atoms. The fourth-order valence-corrected chi connectivity index (χ4v) is 3.91. The van der Waals surface area contributed by atoms with Crippen LogP contribution in [0.5, 0.6) is 0 Å². The number of hydrogen-bond donors (Lipinski definition) is 1. The van der Waals surface area contributed by atoms with Crippen LogP contribution >= 0.6 is 0 Å². The number of fused-ring (bicyclic) bond motifs is 1. The zero-order valence-electron chi connectivity index (χ0n) is 21.3. The Hall–Kier alpha value is -3.86. The van der Waals surface area contributed by atoms with Crippen molar-refractivity contribution >= 4 is 40.5 Å². The van der Waals surface area contributed by atoms with Crippen LogP contribution in [0.25, 0.3) is 10.9 Å². The SMILES string of the molecule is CCOC(=O)n1nc(NC(=O)c2ccc(N3CCN(C)CC3)cc2)c2cn(C(=O)OC(C)(C)C)cc21. The van der Waals surface area contributed by atoms with Gasteiger partial charge >= 0.3 is 12.2 Å².